The van der Waals surface area contributed by atoms with E-state index in [1.54, 1.807) is 12.1 Å². The summed E-state index contributed by atoms with van der Waals surface area (Å²) in [6.07, 6.45) is 0.884. The summed E-state index contributed by atoms with van der Waals surface area (Å²) in [7, 11) is -2.17. The zero-order chi connectivity index (χ0) is 27.1. The SMILES string of the molecule is CNC(=O)C(NC(=O)C(CC(C)C)CP(=O)(O)Cc1ccc(Cc2ccc(F)cc2)cc1)C(C)(C)C. The standard InChI is InChI=1S/C28H40FN2O4P/c1-19(2)15-23(26(32)31-25(27(33)30-6)28(3,4)5)18-36(34,35)17-22-9-7-20(8-10-22)16-21-11-13-24(29)14-12-21/h7-14,19,23,25H,15-18H2,1-6H3,(H,30,33)(H,31,32)(H,34,35). The van der Waals surface area contributed by atoms with Crippen molar-refractivity contribution in [2.75, 3.05) is 13.2 Å². The van der Waals surface area contributed by atoms with Crippen LogP contribution >= 0.6 is 7.37 Å². The van der Waals surface area contributed by atoms with Gasteiger partial charge in [0.25, 0.3) is 0 Å². The number of halogens is 1. The first kappa shape index (κ1) is 29.7. The summed E-state index contributed by atoms with van der Waals surface area (Å²) in [5.41, 5.74) is 2.18. The van der Waals surface area contributed by atoms with E-state index in [9.17, 15) is 23.4 Å². The van der Waals surface area contributed by atoms with E-state index in [1.165, 1.54) is 19.2 Å². The quantitative estimate of drug-likeness (QED) is 0.360. The second-order valence-electron chi connectivity index (χ2n) is 11.1. The smallest absolute Gasteiger partial charge is 0.242 e. The molecule has 0 saturated carbocycles. The van der Waals surface area contributed by atoms with Gasteiger partial charge in [0, 0.05) is 25.3 Å². The van der Waals surface area contributed by atoms with Crippen molar-refractivity contribution in [1.29, 1.82) is 0 Å². The van der Waals surface area contributed by atoms with Crippen LogP contribution in [0.4, 0.5) is 4.39 Å². The molecule has 3 N–H and O–H groups in total. The Hall–Kier alpha value is -2.50. The number of amides is 2. The molecule has 6 nitrogen and oxygen atoms in total. The third-order valence-corrected chi connectivity index (χ3v) is 7.94. The first-order valence-corrected chi connectivity index (χ1v) is 14.4. The van der Waals surface area contributed by atoms with Crippen LogP contribution in [-0.4, -0.2) is 36.0 Å². The molecule has 0 spiro atoms. The summed E-state index contributed by atoms with van der Waals surface area (Å²) in [5, 5.41) is 5.41. The summed E-state index contributed by atoms with van der Waals surface area (Å²) < 4.78 is 26.3. The molecule has 3 atom stereocenters. The molecule has 2 aromatic carbocycles. The molecule has 0 aromatic heterocycles. The second-order valence-corrected chi connectivity index (χ2v) is 13.4. The Balaban J connectivity index is 2.10. The Kier molecular flexibility index (Phi) is 10.4. The number of hydrogen-bond donors (Lipinski definition) is 3. The van der Waals surface area contributed by atoms with Crippen molar-refractivity contribution >= 4 is 19.2 Å². The van der Waals surface area contributed by atoms with Crippen LogP contribution < -0.4 is 10.6 Å². The Morgan fingerprint density at radius 2 is 1.44 bits per heavy atom. The monoisotopic (exact) mass is 518 g/mol. The fourth-order valence-corrected chi connectivity index (χ4v) is 6.12. The van der Waals surface area contributed by atoms with Crippen LogP contribution in [0.25, 0.3) is 0 Å². The zero-order valence-electron chi connectivity index (χ0n) is 22.2. The maximum Gasteiger partial charge on any atom is 0.242 e. The van der Waals surface area contributed by atoms with Crippen LogP contribution in [0.2, 0.25) is 0 Å². The number of carbonyl (C=O) groups excluding carboxylic acids is 2. The minimum Gasteiger partial charge on any atom is -0.357 e. The molecule has 0 aliphatic heterocycles. The van der Waals surface area contributed by atoms with Gasteiger partial charge in [0.05, 0.1) is 0 Å². The number of rotatable bonds is 11. The van der Waals surface area contributed by atoms with Crippen LogP contribution in [0.3, 0.4) is 0 Å². The van der Waals surface area contributed by atoms with Crippen molar-refractivity contribution in [3.8, 4) is 0 Å². The van der Waals surface area contributed by atoms with E-state index < -0.39 is 24.7 Å². The molecule has 0 heterocycles. The number of nitrogens with one attached hydrogen (secondary N) is 2. The molecule has 0 radical (unpaired) electrons. The van der Waals surface area contributed by atoms with Gasteiger partial charge in [-0.1, -0.05) is 71.0 Å². The third kappa shape index (κ3) is 9.51. The number of likely N-dealkylation sites (N-methyl/N-ethyl adjacent to an activating group) is 1. The Bertz CT molecular complexity index is 1060. The summed E-state index contributed by atoms with van der Waals surface area (Å²) in [5.74, 6) is -1.50. The highest BCUT2D eigenvalue weighted by Gasteiger charge is 2.36. The van der Waals surface area contributed by atoms with Crippen molar-refractivity contribution in [2.45, 2.75) is 59.7 Å². The normalized spacial score (nSPS) is 15.1. The van der Waals surface area contributed by atoms with Crippen molar-refractivity contribution < 1.29 is 23.4 Å². The first-order valence-electron chi connectivity index (χ1n) is 12.3. The van der Waals surface area contributed by atoms with Gasteiger partial charge in [-0.2, -0.15) is 0 Å². The van der Waals surface area contributed by atoms with Gasteiger partial charge in [-0.25, -0.2) is 4.39 Å². The van der Waals surface area contributed by atoms with E-state index in [2.05, 4.69) is 10.6 Å². The predicted molar refractivity (Wildman–Crippen MR) is 142 cm³/mol. The summed E-state index contributed by atoms with van der Waals surface area (Å²) in [6, 6.07) is 13.0. The van der Waals surface area contributed by atoms with E-state index in [0.29, 0.717) is 18.4 Å². The predicted octanol–water partition coefficient (Wildman–Crippen LogP) is 5.13. The molecule has 3 unspecified atom stereocenters. The fourth-order valence-electron chi connectivity index (χ4n) is 4.21. The van der Waals surface area contributed by atoms with Crippen molar-refractivity contribution in [2.24, 2.45) is 17.3 Å². The molecule has 198 valence electrons. The average Bonchev–Trinajstić information content (AvgIpc) is 2.77. The highest BCUT2D eigenvalue weighted by molar-refractivity contribution is 7.57. The minimum atomic E-state index is -3.69. The van der Waals surface area contributed by atoms with Gasteiger partial charge in [-0.3, -0.25) is 14.2 Å². The highest BCUT2D eigenvalue weighted by atomic mass is 31.2. The maximum absolute atomic E-state index is 13.2. The van der Waals surface area contributed by atoms with E-state index >= 15 is 0 Å². The third-order valence-electron chi connectivity index (χ3n) is 6.07. The van der Waals surface area contributed by atoms with Gasteiger partial charge in [-0.15, -0.1) is 0 Å². The summed E-state index contributed by atoms with van der Waals surface area (Å²) in [4.78, 5) is 36.4. The van der Waals surface area contributed by atoms with Gasteiger partial charge < -0.3 is 15.5 Å². The minimum absolute atomic E-state index is 0.0378. The fraction of sp³-hybridized carbons (Fsp3) is 0.500. The Morgan fingerprint density at radius 3 is 1.92 bits per heavy atom. The molecular weight excluding hydrogens is 478 g/mol. The summed E-state index contributed by atoms with van der Waals surface area (Å²) >= 11 is 0. The number of carbonyl (C=O) groups is 2. The molecule has 8 heteroatoms. The molecular formula is C28H40FN2O4P. The lowest BCUT2D eigenvalue weighted by atomic mass is 9.85. The zero-order valence-corrected chi connectivity index (χ0v) is 23.1. The second kappa shape index (κ2) is 12.6. The molecule has 36 heavy (non-hydrogen) atoms. The van der Waals surface area contributed by atoms with Crippen LogP contribution in [0.15, 0.2) is 48.5 Å². The van der Waals surface area contributed by atoms with E-state index in [1.807, 2.05) is 58.9 Å². The lowest BCUT2D eigenvalue weighted by Gasteiger charge is -2.32. The van der Waals surface area contributed by atoms with Gasteiger partial charge in [0.1, 0.15) is 11.9 Å². The van der Waals surface area contributed by atoms with Crippen molar-refractivity contribution in [3.63, 3.8) is 0 Å². The number of hydrogen-bond acceptors (Lipinski definition) is 3. The lowest BCUT2D eigenvalue weighted by Crippen LogP contribution is -2.54. The molecule has 2 aromatic rings. The average molecular weight is 519 g/mol. The van der Waals surface area contributed by atoms with Crippen molar-refractivity contribution in [1.82, 2.24) is 10.6 Å². The topological polar surface area (TPSA) is 95.5 Å². The van der Waals surface area contributed by atoms with Crippen LogP contribution in [0.1, 0.15) is 57.7 Å². The van der Waals surface area contributed by atoms with E-state index in [0.717, 1.165) is 11.1 Å². The first-order chi connectivity index (χ1) is 16.7. The van der Waals surface area contributed by atoms with Gasteiger partial charge >= 0.3 is 0 Å². The molecule has 0 saturated heterocycles. The van der Waals surface area contributed by atoms with E-state index in [-0.39, 0.29) is 35.9 Å². The molecule has 0 bridgehead atoms. The van der Waals surface area contributed by atoms with Gasteiger partial charge in [0.2, 0.25) is 19.2 Å². The molecule has 2 rings (SSSR count). The Labute approximate surface area is 214 Å². The lowest BCUT2D eigenvalue weighted by molar-refractivity contribution is -0.133. The highest BCUT2D eigenvalue weighted by Crippen LogP contribution is 2.47. The molecule has 0 aliphatic rings. The van der Waals surface area contributed by atoms with E-state index in [4.69, 9.17) is 0 Å². The number of benzene rings is 2. The van der Waals surface area contributed by atoms with Gasteiger partial charge in [-0.05, 0) is 53.0 Å². The van der Waals surface area contributed by atoms with Gasteiger partial charge in [0.15, 0.2) is 0 Å². The molecule has 2 amide bonds. The van der Waals surface area contributed by atoms with Crippen LogP contribution in [0, 0.1) is 23.1 Å². The Morgan fingerprint density at radius 1 is 0.944 bits per heavy atom. The largest absolute Gasteiger partial charge is 0.357 e. The summed E-state index contributed by atoms with van der Waals surface area (Å²) in [6.45, 7) is 9.51. The molecule has 0 fully saturated rings. The molecule has 0 aliphatic carbocycles. The maximum atomic E-state index is 13.2. The van der Waals surface area contributed by atoms with Crippen LogP contribution in [-0.2, 0) is 26.7 Å². The van der Waals surface area contributed by atoms with Crippen LogP contribution in [0.5, 0.6) is 0 Å². The van der Waals surface area contributed by atoms with Crippen molar-refractivity contribution in [3.05, 3.63) is 71.0 Å².